The van der Waals surface area contributed by atoms with Crippen molar-refractivity contribution in [2.75, 3.05) is 6.61 Å². The van der Waals surface area contributed by atoms with Gasteiger partial charge in [-0.2, -0.15) is 0 Å². The van der Waals surface area contributed by atoms with Crippen molar-refractivity contribution >= 4 is 7.82 Å². The van der Waals surface area contributed by atoms with Crippen LogP contribution in [0.15, 0.2) is 15.8 Å². The highest BCUT2D eigenvalue weighted by molar-refractivity contribution is 7.46. The monoisotopic (exact) mass is 398 g/mol. The summed E-state index contributed by atoms with van der Waals surface area (Å²) >= 11 is 0. The smallest absolute Gasteiger partial charge is 0.386 e. The molecule has 3 atom stereocenters. The molecule has 1 aromatic rings. The first-order chi connectivity index (χ1) is 12.7. The summed E-state index contributed by atoms with van der Waals surface area (Å²) < 4.78 is 21.5. The van der Waals surface area contributed by atoms with Gasteiger partial charge in [-0.1, -0.05) is 11.8 Å². The molecular weight excluding hydrogens is 379 g/mol. The number of terminal acetylenes is 1. The summed E-state index contributed by atoms with van der Waals surface area (Å²) in [5.41, 5.74) is -1.56. The Bertz CT molecular complexity index is 929. The lowest BCUT2D eigenvalue weighted by atomic mass is 10.2. The van der Waals surface area contributed by atoms with Gasteiger partial charge >= 0.3 is 13.5 Å². The number of unbranched alkanes of at least 4 members (excludes halogenated alkanes) is 3. The molecule has 0 spiro atoms. The van der Waals surface area contributed by atoms with Gasteiger partial charge in [-0.05, 0) is 12.8 Å². The zero-order valence-corrected chi connectivity index (χ0v) is 15.1. The van der Waals surface area contributed by atoms with E-state index in [-0.39, 0.29) is 12.2 Å². The number of phosphoric acid groups is 1. The van der Waals surface area contributed by atoms with Crippen LogP contribution in [0.1, 0.15) is 37.5 Å². The van der Waals surface area contributed by atoms with E-state index in [1.165, 1.54) is 0 Å². The molecule has 27 heavy (non-hydrogen) atoms. The first-order valence-electron chi connectivity index (χ1n) is 8.04. The number of aromatic nitrogens is 2. The van der Waals surface area contributed by atoms with Gasteiger partial charge in [-0.25, -0.2) is 9.36 Å². The quantitative estimate of drug-likeness (QED) is 0.283. The van der Waals surface area contributed by atoms with Gasteiger partial charge in [0.25, 0.3) is 5.56 Å². The van der Waals surface area contributed by atoms with Gasteiger partial charge in [-0.3, -0.25) is 18.9 Å². The number of phosphoric ester groups is 1. The van der Waals surface area contributed by atoms with Crippen molar-refractivity contribution in [1.82, 2.24) is 9.55 Å². The molecule has 0 amide bonds. The molecule has 0 aliphatic carbocycles. The van der Waals surface area contributed by atoms with E-state index in [0.29, 0.717) is 12.8 Å². The largest absolute Gasteiger partial charge is 0.470 e. The first kappa shape index (κ1) is 21.1. The maximum absolute atomic E-state index is 12.0. The van der Waals surface area contributed by atoms with E-state index in [0.717, 1.165) is 23.6 Å². The number of hydrogen-bond donors (Lipinski definition) is 4. The molecule has 4 N–H and O–H groups in total. The zero-order chi connectivity index (χ0) is 20.0. The van der Waals surface area contributed by atoms with E-state index < -0.39 is 37.5 Å². The van der Waals surface area contributed by atoms with E-state index in [9.17, 15) is 19.3 Å². The fraction of sp³-hybridized carbons (Fsp3) is 0.500. The van der Waals surface area contributed by atoms with E-state index in [2.05, 4.69) is 27.3 Å². The molecule has 0 bridgehead atoms. The minimum Gasteiger partial charge on any atom is -0.386 e. The molecular formula is C16H19N2O8P. The summed E-state index contributed by atoms with van der Waals surface area (Å²) in [5, 5.41) is 10.1. The second-order valence-corrected chi connectivity index (χ2v) is 6.96. The Morgan fingerprint density at radius 1 is 1.37 bits per heavy atom. The van der Waals surface area contributed by atoms with Crippen molar-refractivity contribution in [3.8, 4) is 24.2 Å². The second-order valence-electron chi connectivity index (χ2n) is 5.77. The number of aliphatic hydroxyl groups is 1. The van der Waals surface area contributed by atoms with Crippen molar-refractivity contribution in [1.29, 1.82) is 0 Å². The minimum absolute atomic E-state index is 0.0123. The van der Waals surface area contributed by atoms with Crippen LogP contribution in [0.5, 0.6) is 0 Å². The van der Waals surface area contributed by atoms with Crippen molar-refractivity contribution in [2.24, 2.45) is 0 Å². The number of ether oxygens (including phenoxy) is 1. The molecule has 10 nitrogen and oxygen atoms in total. The summed E-state index contributed by atoms with van der Waals surface area (Å²) in [4.78, 5) is 43.6. The van der Waals surface area contributed by atoms with E-state index in [4.69, 9.17) is 20.9 Å². The molecule has 2 heterocycles. The molecule has 1 aromatic heterocycles. The van der Waals surface area contributed by atoms with E-state index in [1.807, 2.05) is 0 Å². The Balaban J connectivity index is 2.18. The number of nitrogens with zero attached hydrogens (tertiary/aromatic N) is 1. The molecule has 2 rings (SSSR count). The lowest BCUT2D eigenvalue weighted by Crippen LogP contribution is -2.38. The van der Waals surface area contributed by atoms with Crippen molar-refractivity contribution in [2.45, 2.75) is 44.1 Å². The summed E-state index contributed by atoms with van der Waals surface area (Å²) in [6.07, 6.45) is 4.85. The molecule has 0 saturated carbocycles. The maximum Gasteiger partial charge on any atom is 0.470 e. The van der Waals surface area contributed by atoms with Crippen LogP contribution in [-0.4, -0.2) is 43.3 Å². The summed E-state index contributed by atoms with van der Waals surface area (Å²) in [7, 11) is -4.85. The predicted octanol–water partition coefficient (Wildman–Crippen LogP) is -0.551. The minimum atomic E-state index is -4.85. The number of rotatable bonds is 6. The average molecular weight is 398 g/mol. The molecule has 0 unspecified atom stereocenters. The Morgan fingerprint density at radius 3 is 2.74 bits per heavy atom. The molecule has 11 heteroatoms. The van der Waals surface area contributed by atoms with E-state index >= 15 is 0 Å². The molecule has 146 valence electrons. The van der Waals surface area contributed by atoms with Crippen LogP contribution in [0.2, 0.25) is 0 Å². The normalized spacial score (nSPS) is 22.1. The predicted molar refractivity (Wildman–Crippen MR) is 93.4 cm³/mol. The molecule has 1 aliphatic rings. The van der Waals surface area contributed by atoms with Gasteiger partial charge in [0.15, 0.2) is 6.23 Å². The zero-order valence-electron chi connectivity index (χ0n) is 14.2. The standard InChI is InChI=1S/C16H19N2O8P/c1-2-3-4-5-6-7-8-11-9-18(16(21)17-14(11)20)15-13(19)12(10-25-15)26-27(22,23)24/h1,9,12-13,15,19H,3-6,10H2,(H,17,20,21)(H2,22,23,24)/t12-,13+,15+/m0/s1. The highest BCUT2D eigenvalue weighted by Gasteiger charge is 2.41. The molecule has 0 aromatic carbocycles. The number of H-pyrrole nitrogens is 1. The van der Waals surface area contributed by atoms with Crippen LogP contribution in [0.3, 0.4) is 0 Å². The topological polar surface area (TPSA) is 151 Å². The molecule has 1 aliphatic heterocycles. The number of nitrogens with one attached hydrogen (secondary N) is 1. The Hall–Kier alpha value is -2.17. The summed E-state index contributed by atoms with van der Waals surface area (Å²) in [5.74, 6) is 7.97. The Kier molecular flexibility index (Phi) is 7.17. The van der Waals surface area contributed by atoms with Crippen LogP contribution >= 0.6 is 7.82 Å². The summed E-state index contributed by atoms with van der Waals surface area (Å²) in [6.45, 7) is -0.349. The van der Waals surface area contributed by atoms with Crippen LogP contribution in [0.25, 0.3) is 0 Å². The fourth-order valence-electron chi connectivity index (χ4n) is 2.45. The van der Waals surface area contributed by atoms with Crippen LogP contribution in [-0.2, 0) is 13.8 Å². The number of aliphatic hydroxyl groups excluding tert-OH is 1. The second kappa shape index (κ2) is 9.16. The SMILES string of the molecule is C#CCCCCC#Cc1cn([C@@H]2OC[C@H](OP(=O)(O)O)[C@H]2O)c(=O)[nH]c1=O. The van der Waals surface area contributed by atoms with Crippen LogP contribution < -0.4 is 11.2 Å². The number of hydrogen-bond acceptors (Lipinski definition) is 6. The first-order valence-corrected chi connectivity index (χ1v) is 9.57. The van der Waals surface area contributed by atoms with Crippen molar-refractivity contribution in [3.63, 3.8) is 0 Å². The van der Waals surface area contributed by atoms with Gasteiger partial charge in [0, 0.05) is 19.0 Å². The van der Waals surface area contributed by atoms with E-state index in [1.54, 1.807) is 0 Å². The molecule has 0 radical (unpaired) electrons. The van der Waals surface area contributed by atoms with Crippen molar-refractivity contribution < 1.29 is 28.7 Å². The van der Waals surface area contributed by atoms with Gasteiger partial charge in [0.05, 0.1) is 6.61 Å². The highest BCUT2D eigenvalue weighted by atomic mass is 31.2. The van der Waals surface area contributed by atoms with Gasteiger partial charge in [0.1, 0.15) is 17.8 Å². The van der Waals surface area contributed by atoms with Crippen LogP contribution in [0.4, 0.5) is 0 Å². The van der Waals surface area contributed by atoms with Gasteiger partial charge in [-0.15, -0.1) is 12.3 Å². The third-order valence-electron chi connectivity index (χ3n) is 3.71. The van der Waals surface area contributed by atoms with Crippen molar-refractivity contribution in [3.05, 3.63) is 32.6 Å². The highest BCUT2D eigenvalue weighted by Crippen LogP contribution is 2.41. The maximum atomic E-state index is 12.0. The van der Waals surface area contributed by atoms with Crippen LogP contribution in [0, 0.1) is 24.2 Å². The van der Waals surface area contributed by atoms with Gasteiger partial charge in [0.2, 0.25) is 0 Å². The Morgan fingerprint density at radius 2 is 2.07 bits per heavy atom. The lowest BCUT2D eigenvalue weighted by Gasteiger charge is -2.19. The fourth-order valence-corrected chi connectivity index (χ4v) is 2.99. The number of aromatic amines is 1. The summed E-state index contributed by atoms with van der Waals surface area (Å²) in [6, 6.07) is 0. The lowest BCUT2D eigenvalue weighted by molar-refractivity contribution is -0.0211. The third kappa shape index (κ3) is 5.91. The molecule has 1 fully saturated rings. The average Bonchev–Trinajstić information content (AvgIpc) is 2.91. The van der Waals surface area contributed by atoms with Gasteiger partial charge < -0.3 is 19.6 Å². The third-order valence-corrected chi connectivity index (χ3v) is 4.26. The Labute approximate surface area is 154 Å². The molecule has 1 saturated heterocycles.